The molecule has 6 nitrogen and oxygen atoms in total. The fraction of sp³-hybridized carbons (Fsp3) is 0.682. The standard InChI is InChI=1S/C22H37N5O.HI/c1-4-27-14-6-8-19(27)16-25-22(23)24-15-18-7-5-13-26(2)21(18)17-9-11-20(28-3)12-10-17;/h9-12,18-19,21H,4-8,13-16H2,1-3H3,(H3,23,24,25);1H. The molecule has 2 aliphatic heterocycles. The Hall–Kier alpha value is -1.06. The number of nitrogens with zero attached hydrogens (tertiary/aromatic N) is 3. The van der Waals surface area contributed by atoms with Crippen LogP contribution in [0.2, 0.25) is 0 Å². The molecule has 1 aromatic carbocycles. The van der Waals surface area contributed by atoms with Crippen LogP contribution in [0.5, 0.6) is 5.75 Å². The number of aliphatic imine (C=N–C) groups is 1. The van der Waals surface area contributed by atoms with Crippen LogP contribution in [0, 0.1) is 5.92 Å². The predicted octanol–water partition coefficient (Wildman–Crippen LogP) is 3.08. The van der Waals surface area contributed by atoms with Gasteiger partial charge in [-0.15, -0.1) is 24.0 Å². The van der Waals surface area contributed by atoms with Gasteiger partial charge in [0.05, 0.1) is 7.11 Å². The van der Waals surface area contributed by atoms with Crippen molar-refractivity contribution in [2.45, 2.75) is 44.7 Å². The monoisotopic (exact) mass is 515 g/mol. The van der Waals surface area contributed by atoms with Crippen LogP contribution in [0.25, 0.3) is 0 Å². The van der Waals surface area contributed by atoms with E-state index in [-0.39, 0.29) is 24.0 Å². The zero-order valence-electron chi connectivity index (χ0n) is 18.1. The lowest BCUT2D eigenvalue weighted by atomic mass is 9.85. The summed E-state index contributed by atoms with van der Waals surface area (Å²) in [6.07, 6.45) is 4.94. The molecule has 2 aliphatic rings. The third kappa shape index (κ3) is 6.46. The maximum atomic E-state index is 6.20. The molecule has 0 aromatic heterocycles. The second kappa shape index (κ2) is 12.0. The number of halogens is 1. The average Bonchev–Trinajstić information content (AvgIpc) is 3.18. The van der Waals surface area contributed by atoms with Crippen LogP contribution in [-0.4, -0.2) is 68.7 Å². The van der Waals surface area contributed by atoms with Crippen molar-refractivity contribution < 1.29 is 4.74 Å². The minimum absolute atomic E-state index is 0. The van der Waals surface area contributed by atoms with Gasteiger partial charge in [-0.05, 0) is 76.0 Å². The van der Waals surface area contributed by atoms with Crippen molar-refractivity contribution in [1.82, 2.24) is 15.1 Å². The van der Waals surface area contributed by atoms with E-state index in [9.17, 15) is 0 Å². The topological polar surface area (TPSA) is 66.1 Å². The van der Waals surface area contributed by atoms with Crippen LogP contribution < -0.4 is 15.8 Å². The third-order valence-electron chi connectivity index (χ3n) is 6.38. The van der Waals surface area contributed by atoms with Crippen molar-refractivity contribution in [3.8, 4) is 5.75 Å². The molecule has 0 spiro atoms. The van der Waals surface area contributed by atoms with Crippen molar-refractivity contribution in [3.05, 3.63) is 29.8 Å². The van der Waals surface area contributed by atoms with Crippen LogP contribution in [0.4, 0.5) is 0 Å². The molecule has 3 N–H and O–H groups in total. The number of methoxy groups -OCH3 is 1. The Bertz CT molecular complexity index is 639. The van der Waals surface area contributed by atoms with Gasteiger partial charge in [-0.25, -0.2) is 0 Å². The van der Waals surface area contributed by atoms with Crippen LogP contribution in [0.1, 0.15) is 44.2 Å². The fourth-order valence-corrected chi connectivity index (χ4v) is 4.82. The van der Waals surface area contributed by atoms with E-state index in [0.717, 1.165) is 31.9 Å². The average molecular weight is 515 g/mol. The molecule has 3 rings (SSSR count). The highest BCUT2D eigenvalue weighted by atomic mass is 127. The van der Waals surface area contributed by atoms with Crippen LogP contribution in [0.3, 0.4) is 0 Å². The number of guanidine groups is 1. The number of hydrogen-bond acceptors (Lipinski definition) is 4. The molecule has 3 atom stereocenters. The number of piperidine rings is 1. The summed E-state index contributed by atoms with van der Waals surface area (Å²) in [7, 11) is 3.92. The summed E-state index contributed by atoms with van der Waals surface area (Å²) in [5.74, 6) is 1.97. The van der Waals surface area contributed by atoms with Crippen LogP contribution >= 0.6 is 24.0 Å². The van der Waals surface area contributed by atoms with E-state index in [1.165, 1.54) is 37.8 Å². The molecule has 1 aromatic rings. The highest BCUT2D eigenvalue weighted by molar-refractivity contribution is 14.0. The molecule has 2 saturated heterocycles. The Morgan fingerprint density at radius 2 is 1.93 bits per heavy atom. The predicted molar refractivity (Wildman–Crippen MR) is 131 cm³/mol. The number of rotatable bonds is 7. The van der Waals surface area contributed by atoms with Gasteiger partial charge in [0.15, 0.2) is 5.96 Å². The van der Waals surface area contributed by atoms with Gasteiger partial charge in [-0.3, -0.25) is 14.8 Å². The Morgan fingerprint density at radius 3 is 2.62 bits per heavy atom. The lowest BCUT2D eigenvalue weighted by molar-refractivity contribution is 0.125. The number of nitrogens with two attached hydrogens (primary N) is 1. The van der Waals surface area contributed by atoms with E-state index in [1.54, 1.807) is 7.11 Å². The quantitative estimate of drug-likeness (QED) is 0.332. The van der Waals surface area contributed by atoms with Gasteiger partial charge in [0.1, 0.15) is 5.75 Å². The van der Waals surface area contributed by atoms with E-state index < -0.39 is 0 Å². The molecule has 29 heavy (non-hydrogen) atoms. The summed E-state index contributed by atoms with van der Waals surface area (Å²) in [6, 6.07) is 9.43. The number of likely N-dealkylation sites (N-methyl/N-ethyl adjacent to an activating group) is 1. The molecular formula is C22H38IN5O. The van der Waals surface area contributed by atoms with E-state index in [0.29, 0.717) is 24.0 Å². The minimum atomic E-state index is 0. The third-order valence-corrected chi connectivity index (χ3v) is 6.38. The summed E-state index contributed by atoms with van der Waals surface area (Å²) >= 11 is 0. The van der Waals surface area contributed by atoms with Crippen LogP contribution in [0.15, 0.2) is 29.3 Å². The maximum Gasteiger partial charge on any atom is 0.188 e. The Balaban J connectivity index is 0.00000300. The van der Waals surface area contributed by atoms with Crippen molar-refractivity contribution >= 4 is 29.9 Å². The maximum absolute atomic E-state index is 6.20. The molecular weight excluding hydrogens is 477 g/mol. The number of nitrogens with one attached hydrogen (secondary N) is 1. The van der Waals surface area contributed by atoms with Crippen molar-refractivity contribution in [1.29, 1.82) is 0 Å². The van der Waals surface area contributed by atoms with E-state index in [2.05, 4.69) is 53.4 Å². The number of likely N-dealkylation sites (tertiary alicyclic amines) is 2. The first kappa shape index (κ1) is 24.2. The second-order valence-electron chi connectivity index (χ2n) is 8.13. The Morgan fingerprint density at radius 1 is 1.21 bits per heavy atom. The summed E-state index contributed by atoms with van der Waals surface area (Å²) < 4.78 is 5.31. The Kier molecular flexibility index (Phi) is 9.98. The smallest absolute Gasteiger partial charge is 0.188 e. The highest BCUT2D eigenvalue weighted by Gasteiger charge is 2.30. The van der Waals surface area contributed by atoms with Crippen LogP contribution in [-0.2, 0) is 0 Å². The highest BCUT2D eigenvalue weighted by Crippen LogP contribution is 2.35. The largest absolute Gasteiger partial charge is 0.497 e. The van der Waals surface area contributed by atoms with Gasteiger partial charge in [0.25, 0.3) is 0 Å². The van der Waals surface area contributed by atoms with Gasteiger partial charge in [-0.2, -0.15) is 0 Å². The van der Waals surface area contributed by atoms with E-state index in [1.807, 2.05) is 0 Å². The lowest BCUT2D eigenvalue weighted by Crippen LogP contribution is -2.43. The molecule has 7 heteroatoms. The van der Waals surface area contributed by atoms with Gasteiger partial charge in [0.2, 0.25) is 0 Å². The molecule has 2 fully saturated rings. The molecule has 164 valence electrons. The normalized spacial score (nSPS) is 26.2. The number of benzene rings is 1. The molecule has 0 radical (unpaired) electrons. The summed E-state index contributed by atoms with van der Waals surface area (Å²) in [5, 5.41) is 3.37. The van der Waals surface area contributed by atoms with Gasteiger partial charge in [-0.1, -0.05) is 19.1 Å². The fourth-order valence-electron chi connectivity index (χ4n) is 4.82. The van der Waals surface area contributed by atoms with E-state index >= 15 is 0 Å². The Labute approximate surface area is 193 Å². The second-order valence-corrected chi connectivity index (χ2v) is 8.13. The van der Waals surface area contributed by atoms with Gasteiger partial charge < -0.3 is 15.8 Å². The SMILES string of the molecule is CCN1CCCC1CNC(N)=NCC1CCCN(C)C1c1ccc(OC)cc1.I. The molecule has 0 aliphatic carbocycles. The first-order valence-corrected chi connectivity index (χ1v) is 10.7. The summed E-state index contributed by atoms with van der Waals surface area (Å²) in [4.78, 5) is 9.69. The molecule has 0 amide bonds. The summed E-state index contributed by atoms with van der Waals surface area (Å²) in [5.41, 5.74) is 7.54. The van der Waals surface area contributed by atoms with E-state index in [4.69, 9.17) is 15.5 Å². The van der Waals surface area contributed by atoms with Crippen molar-refractivity contribution in [3.63, 3.8) is 0 Å². The van der Waals surface area contributed by atoms with Gasteiger partial charge >= 0.3 is 0 Å². The molecule has 0 bridgehead atoms. The molecule has 0 saturated carbocycles. The molecule has 3 unspecified atom stereocenters. The minimum Gasteiger partial charge on any atom is -0.497 e. The zero-order valence-corrected chi connectivity index (χ0v) is 20.5. The number of hydrogen-bond donors (Lipinski definition) is 2. The molecule has 2 heterocycles. The van der Waals surface area contributed by atoms with Gasteiger partial charge in [0, 0.05) is 25.2 Å². The van der Waals surface area contributed by atoms with Crippen molar-refractivity contribution in [2.24, 2.45) is 16.6 Å². The first-order chi connectivity index (χ1) is 13.6. The number of ether oxygens (including phenoxy) is 1. The summed E-state index contributed by atoms with van der Waals surface area (Å²) in [6.45, 7) is 7.34. The first-order valence-electron chi connectivity index (χ1n) is 10.7. The van der Waals surface area contributed by atoms with Crippen molar-refractivity contribution in [2.75, 3.05) is 46.9 Å². The lowest BCUT2D eigenvalue weighted by Gasteiger charge is -2.39. The zero-order chi connectivity index (χ0) is 19.9.